The van der Waals surface area contributed by atoms with Crippen molar-refractivity contribution in [2.75, 3.05) is 0 Å². The summed E-state index contributed by atoms with van der Waals surface area (Å²) in [5.41, 5.74) is -0.885. The summed E-state index contributed by atoms with van der Waals surface area (Å²) < 4.78 is 0. The quantitative estimate of drug-likeness (QED) is 0.553. The Morgan fingerprint density at radius 2 is 1.25 bits per heavy atom. The highest BCUT2D eigenvalue weighted by atomic mass is 16.8. The van der Waals surface area contributed by atoms with Crippen LogP contribution in [-0.4, -0.2) is 26.3 Å². The van der Waals surface area contributed by atoms with Crippen LogP contribution in [0.5, 0.6) is 0 Å². The Balaban J connectivity index is 2.99. The topological polar surface area (TPSA) is 40.5 Å². The smallest absolute Gasteiger partial charge is 0.156 e. The van der Waals surface area contributed by atoms with Gasteiger partial charge in [-0.05, 0) is 38.9 Å². The average Bonchev–Trinajstić information content (AvgIpc) is 1.83. The predicted octanol–water partition coefficient (Wildman–Crippen LogP) is 2.32. The van der Waals surface area contributed by atoms with E-state index < -0.39 is 15.9 Å². The number of hydroxylamine groups is 4. The molecule has 2 N–H and O–H groups in total. The van der Waals surface area contributed by atoms with Crippen LogP contribution in [0, 0.1) is 0 Å². The minimum Gasteiger partial charge on any atom is -0.181 e. The molecule has 0 amide bonds. The first-order valence-corrected chi connectivity index (χ1v) is 4.55. The lowest BCUT2D eigenvalue weighted by atomic mass is 9.81. The molecule has 1 aliphatic heterocycles. The lowest BCUT2D eigenvalue weighted by molar-refractivity contribution is -1.30. The van der Waals surface area contributed by atoms with E-state index in [0.29, 0.717) is 0 Å². The van der Waals surface area contributed by atoms with Crippen LogP contribution >= 0.6 is 0 Å². The van der Waals surface area contributed by atoms with E-state index in [0.717, 1.165) is 19.3 Å². The molecule has 1 rings (SSSR count). The van der Waals surface area contributed by atoms with Crippen molar-refractivity contribution in [3.8, 4) is 0 Å². The summed E-state index contributed by atoms with van der Waals surface area (Å²) in [7, 11) is 0. The van der Waals surface area contributed by atoms with E-state index in [9.17, 15) is 10.4 Å². The molecule has 0 aliphatic carbocycles. The zero-order valence-corrected chi connectivity index (χ0v) is 8.46. The molecular weight excluding hydrogens is 154 g/mol. The van der Waals surface area contributed by atoms with Crippen LogP contribution in [0.3, 0.4) is 0 Å². The van der Waals surface area contributed by atoms with Crippen molar-refractivity contribution < 1.29 is 15.2 Å². The van der Waals surface area contributed by atoms with E-state index in [2.05, 4.69) is 0 Å². The van der Waals surface area contributed by atoms with Crippen molar-refractivity contribution in [2.45, 2.75) is 58.0 Å². The number of quaternary nitrogens is 1. The van der Waals surface area contributed by atoms with Gasteiger partial charge in [-0.25, -0.2) is 0 Å². The molecular formula is C9H20NO2+. The minimum absolute atomic E-state index is 0.443. The molecule has 1 saturated heterocycles. The molecule has 0 saturated carbocycles. The lowest BCUT2D eigenvalue weighted by Crippen LogP contribution is -2.69. The summed E-state index contributed by atoms with van der Waals surface area (Å²) in [5, 5.41) is 19.8. The Bertz CT molecular complexity index is 167. The lowest BCUT2D eigenvalue weighted by Gasteiger charge is -2.49. The molecule has 0 unspecified atom stereocenters. The van der Waals surface area contributed by atoms with Gasteiger partial charge in [-0.2, -0.15) is 10.4 Å². The second-order valence-corrected chi connectivity index (χ2v) is 5.08. The van der Waals surface area contributed by atoms with Crippen LogP contribution in [0.4, 0.5) is 0 Å². The fraction of sp³-hybridized carbons (Fsp3) is 1.00. The second-order valence-electron chi connectivity index (χ2n) is 5.08. The number of rotatable bonds is 0. The van der Waals surface area contributed by atoms with Gasteiger partial charge in [0.1, 0.15) is 0 Å². The van der Waals surface area contributed by atoms with Gasteiger partial charge in [0.15, 0.2) is 11.1 Å². The summed E-state index contributed by atoms with van der Waals surface area (Å²) in [6.07, 6.45) is 2.80. The summed E-state index contributed by atoms with van der Waals surface area (Å²) in [6, 6.07) is 0. The number of piperidine rings is 1. The zero-order valence-electron chi connectivity index (χ0n) is 8.46. The third-order valence-corrected chi connectivity index (χ3v) is 3.27. The van der Waals surface area contributed by atoms with E-state index in [1.165, 1.54) is 0 Å². The first-order chi connectivity index (χ1) is 5.21. The summed E-state index contributed by atoms with van der Waals surface area (Å²) in [4.78, 5) is -0.847. The third-order valence-electron chi connectivity index (χ3n) is 3.27. The summed E-state index contributed by atoms with van der Waals surface area (Å²) >= 11 is 0. The van der Waals surface area contributed by atoms with Crippen molar-refractivity contribution in [3.63, 3.8) is 0 Å². The normalized spacial score (nSPS) is 31.5. The van der Waals surface area contributed by atoms with Crippen molar-refractivity contribution in [3.05, 3.63) is 0 Å². The van der Waals surface area contributed by atoms with E-state index in [1.807, 2.05) is 27.7 Å². The molecule has 0 aromatic rings. The van der Waals surface area contributed by atoms with Gasteiger partial charge in [0.25, 0.3) is 0 Å². The molecule has 0 bridgehead atoms. The SMILES string of the molecule is CC1(C)CCCC(C)(C)[N+]1(O)O. The molecule has 1 aliphatic rings. The van der Waals surface area contributed by atoms with Gasteiger partial charge in [-0.1, -0.05) is 0 Å². The van der Waals surface area contributed by atoms with Crippen LogP contribution in [-0.2, 0) is 0 Å². The molecule has 72 valence electrons. The van der Waals surface area contributed by atoms with Gasteiger partial charge in [0.05, 0.1) is 0 Å². The van der Waals surface area contributed by atoms with Crippen molar-refractivity contribution >= 4 is 0 Å². The van der Waals surface area contributed by atoms with Gasteiger partial charge >= 0.3 is 0 Å². The van der Waals surface area contributed by atoms with Gasteiger partial charge in [0.2, 0.25) is 0 Å². The highest BCUT2D eigenvalue weighted by Crippen LogP contribution is 2.41. The maximum Gasteiger partial charge on any atom is 0.156 e. The average molecular weight is 174 g/mol. The standard InChI is InChI=1S/C9H20NO2/c1-8(2)6-5-7-9(3,4)10(8,11)12/h11-12H,5-7H2,1-4H3/q+1. The number of nitrogens with zero attached hydrogens (tertiary/aromatic N) is 1. The zero-order chi connectivity index (χ0) is 9.62. The molecule has 0 aromatic heterocycles. The second kappa shape index (κ2) is 2.44. The monoisotopic (exact) mass is 174 g/mol. The molecule has 3 nitrogen and oxygen atoms in total. The molecule has 3 heteroatoms. The molecule has 0 atom stereocenters. The minimum atomic E-state index is -0.847. The summed E-state index contributed by atoms with van der Waals surface area (Å²) in [5.74, 6) is 0. The molecule has 1 fully saturated rings. The Hall–Kier alpha value is -0.120. The van der Waals surface area contributed by atoms with Crippen LogP contribution < -0.4 is 0 Å². The molecule has 0 radical (unpaired) electrons. The highest BCUT2D eigenvalue weighted by molar-refractivity contribution is 4.81. The van der Waals surface area contributed by atoms with Gasteiger partial charge in [0, 0.05) is 12.8 Å². The van der Waals surface area contributed by atoms with Crippen molar-refractivity contribution in [2.24, 2.45) is 0 Å². The first kappa shape index (κ1) is 9.96. The van der Waals surface area contributed by atoms with E-state index >= 15 is 0 Å². The molecule has 0 aromatic carbocycles. The summed E-state index contributed by atoms with van der Waals surface area (Å²) in [6.45, 7) is 7.59. The van der Waals surface area contributed by atoms with E-state index in [1.54, 1.807) is 0 Å². The Kier molecular flexibility index (Phi) is 2.02. The van der Waals surface area contributed by atoms with Gasteiger partial charge < -0.3 is 0 Å². The van der Waals surface area contributed by atoms with Crippen LogP contribution in [0.15, 0.2) is 0 Å². The van der Waals surface area contributed by atoms with Crippen molar-refractivity contribution in [1.82, 2.24) is 0 Å². The number of hydrogen-bond donors (Lipinski definition) is 2. The third kappa shape index (κ3) is 1.16. The van der Waals surface area contributed by atoms with Gasteiger partial charge in [-0.15, -0.1) is 0 Å². The van der Waals surface area contributed by atoms with Crippen LogP contribution in [0.2, 0.25) is 0 Å². The maximum atomic E-state index is 9.92. The maximum absolute atomic E-state index is 9.92. The molecule has 0 spiro atoms. The van der Waals surface area contributed by atoms with Crippen LogP contribution in [0.1, 0.15) is 47.0 Å². The molecule has 12 heavy (non-hydrogen) atoms. The Morgan fingerprint density at radius 3 is 1.50 bits per heavy atom. The fourth-order valence-electron chi connectivity index (χ4n) is 2.08. The number of hydrogen-bond acceptors (Lipinski definition) is 2. The fourth-order valence-corrected chi connectivity index (χ4v) is 2.08. The molecule has 1 heterocycles. The van der Waals surface area contributed by atoms with Crippen molar-refractivity contribution in [1.29, 1.82) is 0 Å². The highest BCUT2D eigenvalue weighted by Gasteiger charge is 2.57. The van der Waals surface area contributed by atoms with Gasteiger partial charge in [-0.3, -0.25) is 0 Å². The largest absolute Gasteiger partial charge is 0.181 e. The Morgan fingerprint density at radius 1 is 0.917 bits per heavy atom. The Labute approximate surface area is 74.1 Å². The predicted molar refractivity (Wildman–Crippen MR) is 45.8 cm³/mol. The van der Waals surface area contributed by atoms with E-state index in [-0.39, 0.29) is 0 Å². The van der Waals surface area contributed by atoms with E-state index in [4.69, 9.17) is 0 Å². The van der Waals surface area contributed by atoms with Crippen LogP contribution in [0.25, 0.3) is 0 Å². The first-order valence-electron chi connectivity index (χ1n) is 4.55.